The van der Waals surface area contributed by atoms with E-state index in [-0.39, 0.29) is 17.8 Å². The highest BCUT2D eigenvalue weighted by molar-refractivity contribution is 5.83. The summed E-state index contributed by atoms with van der Waals surface area (Å²) in [6.45, 7) is 4.16. The second-order valence-corrected chi connectivity index (χ2v) is 9.19. The molecule has 3 heterocycles. The number of amides is 1. The van der Waals surface area contributed by atoms with Crippen molar-refractivity contribution >= 4 is 5.91 Å². The van der Waals surface area contributed by atoms with Crippen LogP contribution in [0.4, 0.5) is 4.39 Å². The van der Waals surface area contributed by atoms with Gasteiger partial charge in [0.15, 0.2) is 0 Å². The molecule has 2 aliphatic heterocycles. The van der Waals surface area contributed by atoms with Crippen molar-refractivity contribution in [2.45, 2.75) is 31.5 Å². The Morgan fingerprint density at radius 3 is 2.69 bits per heavy atom. The van der Waals surface area contributed by atoms with Gasteiger partial charge in [-0.25, -0.2) is 4.39 Å². The van der Waals surface area contributed by atoms with Gasteiger partial charge in [0.2, 0.25) is 5.91 Å². The molecule has 1 fully saturated rings. The van der Waals surface area contributed by atoms with Crippen LogP contribution in [0, 0.1) is 5.82 Å². The predicted octanol–water partition coefficient (Wildman–Crippen LogP) is 4.11. The summed E-state index contributed by atoms with van der Waals surface area (Å²) in [7, 11) is 0. The Hall–Kier alpha value is -3.29. The number of carbonyl (C=O) groups excluding carboxylic acids is 1. The van der Waals surface area contributed by atoms with Gasteiger partial charge >= 0.3 is 0 Å². The Labute approximate surface area is 205 Å². The highest BCUT2D eigenvalue weighted by atomic mass is 19.1. The van der Waals surface area contributed by atoms with E-state index in [1.807, 2.05) is 42.5 Å². The Kier molecular flexibility index (Phi) is 7.35. The van der Waals surface area contributed by atoms with Gasteiger partial charge < -0.3 is 10.1 Å². The average Bonchev–Trinajstić information content (AvgIpc) is 3.33. The molecule has 1 N–H and O–H groups in total. The number of carbonyl (C=O) groups is 1. The number of nitrogens with zero attached hydrogens (tertiary/aromatic N) is 3. The van der Waals surface area contributed by atoms with E-state index in [4.69, 9.17) is 4.74 Å². The van der Waals surface area contributed by atoms with Crippen molar-refractivity contribution in [1.82, 2.24) is 20.1 Å². The molecule has 35 heavy (non-hydrogen) atoms. The summed E-state index contributed by atoms with van der Waals surface area (Å²) in [4.78, 5) is 22.0. The highest BCUT2D eigenvalue weighted by Crippen LogP contribution is 2.32. The molecule has 0 unspecified atom stereocenters. The van der Waals surface area contributed by atoms with Gasteiger partial charge in [-0.2, -0.15) is 0 Å². The van der Waals surface area contributed by atoms with E-state index in [1.165, 1.54) is 6.07 Å². The fraction of sp³-hybridized carbons (Fsp3) is 0.357. The molecule has 2 atom stereocenters. The van der Waals surface area contributed by atoms with Crippen LogP contribution in [0.25, 0.3) is 0 Å². The van der Waals surface area contributed by atoms with Gasteiger partial charge in [0.1, 0.15) is 23.7 Å². The molecule has 5 rings (SSSR count). The van der Waals surface area contributed by atoms with Crippen molar-refractivity contribution in [2.75, 3.05) is 32.7 Å². The maximum absolute atomic E-state index is 14.6. The van der Waals surface area contributed by atoms with Crippen LogP contribution in [0.5, 0.6) is 5.75 Å². The zero-order valence-electron chi connectivity index (χ0n) is 19.8. The van der Waals surface area contributed by atoms with Crippen LogP contribution < -0.4 is 10.1 Å². The molecule has 0 spiro atoms. The van der Waals surface area contributed by atoms with Crippen LogP contribution in [0.1, 0.15) is 41.7 Å². The van der Waals surface area contributed by atoms with Crippen LogP contribution in [0.2, 0.25) is 0 Å². The van der Waals surface area contributed by atoms with Crippen LogP contribution >= 0.6 is 0 Å². The molecule has 1 aromatic heterocycles. The molecule has 0 bridgehead atoms. The molecule has 3 aromatic rings. The number of aromatic nitrogens is 1. The first-order chi connectivity index (χ1) is 17.2. The summed E-state index contributed by atoms with van der Waals surface area (Å²) in [5, 5.41) is 3.15. The molecule has 182 valence electrons. The van der Waals surface area contributed by atoms with Gasteiger partial charge in [0.25, 0.3) is 0 Å². The molecule has 7 heteroatoms. The number of fused-ring (bicyclic) bond motifs is 1. The number of likely N-dealkylation sites (tertiary alicyclic amines) is 1. The fourth-order valence-electron chi connectivity index (χ4n) is 5.05. The summed E-state index contributed by atoms with van der Waals surface area (Å²) in [6, 6.07) is 18.2. The lowest BCUT2D eigenvalue weighted by Crippen LogP contribution is -2.42. The van der Waals surface area contributed by atoms with Gasteiger partial charge in [-0.3, -0.25) is 19.6 Å². The second kappa shape index (κ2) is 11.0. The summed E-state index contributed by atoms with van der Waals surface area (Å²) >= 11 is 0. The number of hydrogen-bond donors (Lipinski definition) is 1. The summed E-state index contributed by atoms with van der Waals surface area (Å²) in [5.41, 5.74) is 2.52. The minimum Gasteiger partial charge on any atom is -0.484 e. The van der Waals surface area contributed by atoms with Crippen molar-refractivity contribution in [3.05, 3.63) is 95.6 Å². The van der Waals surface area contributed by atoms with Gasteiger partial charge in [0, 0.05) is 49.7 Å². The quantitative estimate of drug-likeness (QED) is 0.559. The lowest BCUT2D eigenvalue weighted by atomic mass is 10.1. The van der Waals surface area contributed by atoms with Crippen molar-refractivity contribution < 1.29 is 13.9 Å². The van der Waals surface area contributed by atoms with Crippen molar-refractivity contribution in [1.29, 1.82) is 0 Å². The fourth-order valence-corrected chi connectivity index (χ4v) is 5.05. The molecule has 0 aliphatic carbocycles. The highest BCUT2D eigenvalue weighted by Gasteiger charge is 2.30. The topological polar surface area (TPSA) is 57.7 Å². The van der Waals surface area contributed by atoms with Gasteiger partial charge in [-0.05, 0) is 49.7 Å². The first-order valence-corrected chi connectivity index (χ1v) is 12.3. The first kappa shape index (κ1) is 23.5. The van der Waals surface area contributed by atoms with Gasteiger partial charge in [-0.15, -0.1) is 0 Å². The average molecular weight is 475 g/mol. The number of hydrogen-bond acceptors (Lipinski definition) is 5. The number of rotatable bonds is 7. The third-order valence-corrected chi connectivity index (χ3v) is 6.79. The molecular formula is C28H31FN4O2. The second-order valence-electron chi connectivity index (χ2n) is 9.19. The minimum atomic E-state index is -0.428. The van der Waals surface area contributed by atoms with Crippen molar-refractivity contribution in [3.63, 3.8) is 0 Å². The minimum absolute atomic E-state index is 0.00275. The lowest BCUT2D eigenvalue weighted by molar-refractivity contribution is -0.126. The number of ether oxygens (including phenoxy) is 1. The number of nitrogens with one attached hydrogen (secondary N) is 1. The zero-order chi connectivity index (χ0) is 24.0. The third-order valence-electron chi connectivity index (χ3n) is 6.79. The van der Waals surface area contributed by atoms with E-state index < -0.39 is 6.10 Å². The van der Waals surface area contributed by atoms with E-state index in [0.29, 0.717) is 31.7 Å². The monoisotopic (exact) mass is 474 g/mol. The smallest absolute Gasteiger partial charge is 0.242 e. The van der Waals surface area contributed by atoms with Crippen LogP contribution in [-0.2, 0) is 11.3 Å². The van der Waals surface area contributed by atoms with E-state index in [9.17, 15) is 9.18 Å². The van der Waals surface area contributed by atoms with E-state index in [1.54, 1.807) is 24.5 Å². The lowest BCUT2D eigenvalue weighted by Gasteiger charge is -2.28. The van der Waals surface area contributed by atoms with Gasteiger partial charge in [-0.1, -0.05) is 42.5 Å². The molecule has 2 aromatic carbocycles. The van der Waals surface area contributed by atoms with E-state index >= 15 is 0 Å². The number of benzene rings is 2. The van der Waals surface area contributed by atoms with Crippen molar-refractivity contribution in [3.8, 4) is 5.75 Å². The Balaban J connectivity index is 1.28. The Morgan fingerprint density at radius 2 is 1.89 bits per heavy atom. The van der Waals surface area contributed by atoms with E-state index in [0.717, 1.165) is 42.8 Å². The molecule has 2 aliphatic rings. The summed E-state index contributed by atoms with van der Waals surface area (Å²) < 4.78 is 20.9. The van der Waals surface area contributed by atoms with Crippen LogP contribution in [0.3, 0.4) is 0 Å². The molecule has 0 radical (unpaired) electrons. The van der Waals surface area contributed by atoms with Crippen molar-refractivity contribution in [2.24, 2.45) is 0 Å². The predicted molar refractivity (Wildman–Crippen MR) is 132 cm³/mol. The molecule has 6 nitrogen and oxygen atoms in total. The largest absolute Gasteiger partial charge is 0.484 e. The third kappa shape index (κ3) is 5.52. The van der Waals surface area contributed by atoms with Crippen LogP contribution in [0.15, 0.2) is 73.1 Å². The number of halogens is 1. The Morgan fingerprint density at radius 1 is 1.09 bits per heavy atom. The SMILES string of the molecule is O=C(NCCN1Cc2ccccc2O[C@H](c2ccccc2F)C1)[C@H](c1cccnc1)N1CCCC1. The number of pyridine rings is 1. The van der Waals surface area contributed by atoms with Gasteiger partial charge in [0.05, 0.1) is 0 Å². The molecule has 0 saturated carbocycles. The summed E-state index contributed by atoms with van der Waals surface area (Å²) in [5.74, 6) is 0.505. The maximum Gasteiger partial charge on any atom is 0.242 e. The molecule has 1 saturated heterocycles. The summed E-state index contributed by atoms with van der Waals surface area (Å²) in [6.07, 6.45) is 5.30. The normalized spacial score (nSPS) is 19.4. The number of para-hydroxylation sites is 1. The maximum atomic E-state index is 14.6. The molecule has 1 amide bonds. The first-order valence-electron chi connectivity index (χ1n) is 12.3. The molecular weight excluding hydrogens is 443 g/mol. The zero-order valence-corrected chi connectivity index (χ0v) is 19.8. The van der Waals surface area contributed by atoms with Crippen LogP contribution in [-0.4, -0.2) is 53.4 Å². The Bertz CT molecular complexity index is 1140. The standard InChI is InChI=1S/C28H31FN4O2/c29-24-11-3-2-10-23(24)26-20-32(19-22-8-1-4-12-25(22)35-26)17-14-31-28(34)27(33-15-5-6-16-33)21-9-7-13-30-18-21/h1-4,7-13,18,26-27H,5-6,14-17,19-20H2,(H,31,34)/t26-,27-/m0/s1. The van der Waals surface area contributed by atoms with E-state index in [2.05, 4.69) is 20.1 Å².